The third kappa shape index (κ3) is 8.09. The Kier molecular flexibility index (Phi) is 11.1. The van der Waals surface area contributed by atoms with Gasteiger partial charge >= 0.3 is 24.4 Å². The quantitative estimate of drug-likeness (QED) is 0.166. The van der Waals surface area contributed by atoms with E-state index in [4.69, 9.17) is 0 Å². The van der Waals surface area contributed by atoms with Gasteiger partial charge in [0.1, 0.15) is 0 Å². The molecular formula is C45H35F6N9O4. The molecule has 0 spiro atoms. The molecule has 0 radical (unpaired) electrons. The van der Waals surface area contributed by atoms with E-state index in [9.17, 15) is 56.0 Å². The van der Waals surface area contributed by atoms with Crippen molar-refractivity contribution in [2.24, 2.45) is 0 Å². The first-order valence-corrected chi connectivity index (χ1v) is 19.8. The third-order valence-electron chi connectivity index (χ3n) is 11.5. The van der Waals surface area contributed by atoms with Crippen molar-refractivity contribution in [1.82, 2.24) is 25.3 Å². The first-order valence-electron chi connectivity index (χ1n) is 19.8. The second kappa shape index (κ2) is 16.6. The molecule has 64 heavy (non-hydrogen) atoms. The molecular weight excluding hydrogens is 845 g/mol. The first kappa shape index (κ1) is 43.0. The lowest BCUT2D eigenvalue weighted by atomic mass is 9.94. The van der Waals surface area contributed by atoms with Crippen LogP contribution in [-0.2, 0) is 21.9 Å². The fraction of sp³-hybridized carbons (Fsp3) is 0.244. The Balaban J connectivity index is 1.00. The monoisotopic (exact) mass is 879 g/mol. The number of nitrogens with one attached hydrogen (secondary N) is 2. The molecule has 4 aromatic carbocycles. The zero-order valence-corrected chi connectivity index (χ0v) is 33.7. The zero-order chi connectivity index (χ0) is 45.7. The Morgan fingerprint density at radius 2 is 0.984 bits per heavy atom. The van der Waals surface area contributed by atoms with Gasteiger partial charge in [-0.15, -0.1) is 0 Å². The number of benzene rings is 4. The number of hydrogen-bond donors (Lipinski definition) is 2. The van der Waals surface area contributed by atoms with E-state index in [1.807, 2.05) is 17.0 Å². The normalized spacial score (nSPS) is 18.9. The second-order valence-electron chi connectivity index (χ2n) is 15.5. The van der Waals surface area contributed by atoms with Gasteiger partial charge in [-0.2, -0.15) is 36.9 Å². The fourth-order valence-corrected chi connectivity index (χ4v) is 8.24. The zero-order valence-electron chi connectivity index (χ0n) is 33.7. The van der Waals surface area contributed by atoms with Gasteiger partial charge in [-0.25, -0.2) is 9.59 Å². The molecule has 4 aromatic rings. The number of nitriles is 2. The second-order valence-corrected chi connectivity index (χ2v) is 15.5. The van der Waals surface area contributed by atoms with Crippen LogP contribution in [0.1, 0.15) is 45.5 Å². The molecule has 0 bridgehead atoms. The summed E-state index contributed by atoms with van der Waals surface area (Å²) in [5.74, 6) is -0.941. The lowest BCUT2D eigenvalue weighted by Gasteiger charge is -2.34. The minimum absolute atomic E-state index is 0.0955. The van der Waals surface area contributed by atoms with E-state index in [2.05, 4.69) is 10.6 Å². The maximum absolute atomic E-state index is 14.2. The van der Waals surface area contributed by atoms with Gasteiger partial charge < -0.3 is 25.3 Å². The van der Waals surface area contributed by atoms with E-state index in [1.165, 1.54) is 58.3 Å². The summed E-state index contributed by atoms with van der Waals surface area (Å²) in [6.45, 7) is 0.415. The van der Waals surface area contributed by atoms with Crippen LogP contribution in [0, 0.1) is 22.7 Å². The van der Waals surface area contributed by atoms with Crippen LogP contribution in [0.25, 0.3) is 0 Å². The van der Waals surface area contributed by atoms with Gasteiger partial charge in [-0.1, -0.05) is 36.4 Å². The summed E-state index contributed by atoms with van der Waals surface area (Å²) >= 11 is 0. The maximum atomic E-state index is 14.2. The molecule has 0 fully saturated rings. The van der Waals surface area contributed by atoms with E-state index in [0.717, 1.165) is 34.1 Å². The summed E-state index contributed by atoms with van der Waals surface area (Å²) in [6.07, 6.45) is -9.41. The molecule has 4 heterocycles. The van der Waals surface area contributed by atoms with Crippen molar-refractivity contribution in [2.45, 2.75) is 24.4 Å². The van der Waals surface area contributed by atoms with Crippen LogP contribution in [0.15, 0.2) is 120 Å². The Bertz CT molecular complexity index is 2540. The summed E-state index contributed by atoms with van der Waals surface area (Å²) < 4.78 is 82.6. The van der Waals surface area contributed by atoms with Crippen LogP contribution < -0.4 is 20.4 Å². The molecule has 2 N–H and O–H groups in total. The van der Waals surface area contributed by atoms with Crippen LogP contribution in [0.2, 0.25) is 0 Å². The summed E-state index contributed by atoms with van der Waals surface area (Å²) in [7, 11) is 1.74. The van der Waals surface area contributed by atoms with Crippen molar-refractivity contribution in [3.05, 3.63) is 153 Å². The van der Waals surface area contributed by atoms with E-state index in [-0.39, 0.29) is 73.2 Å². The number of alkyl halides is 6. The van der Waals surface area contributed by atoms with Crippen LogP contribution in [0.5, 0.6) is 0 Å². The number of carbonyl (C=O) groups is 4. The van der Waals surface area contributed by atoms with Gasteiger partial charge in [-0.3, -0.25) is 19.4 Å². The average molecular weight is 880 g/mol. The van der Waals surface area contributed by atoms with Crippen molar-refractivity contribution in [3.8, 4) is 12.1 Å². The third-order valence-corrected chi connectivity index (χ3v) is 11.5. The van der Waals surface area contributed by atoms with Crippen molar-refractivity contribution in [2.75, 3.05) is 56.1 Å². The van der Waals surface area contributed by atoms with Gasteiger partial charge in [0, 0.05) is 26.2 Å². The summed E-state index contributed by atoms with van der Waals surface area (Å²) in [5, 5.41) is 24.2. The van der Waals surface area contributed by atoms with Gasteiger partial charge in [-0.05, 0) is 78.8 Å². The van der Waals surface area contributed by atoms with E-state index in [0.29, 0.717) is 22.3 Å². The SMILES string of the molecule is CN(CCN1CC2=C(C1=O)[C@@H](c1ccc(C#N)cc1)NC(=O)N2c1cccc(C(F)(F)F)c1)CCN1CC2=C(C1=O)[C@@H](c1ccc(C#N)cc1)NC(=O)N2c1cccc(C(F)(F)F)c1. The fourth-order valence-electron chi connectivity index (χ4n) is 8.24. The largest absolute Gasteiger partial charge is 0.416 e. The highest BCUT2D eigenvalue weighted by atomic mass is 19.4. The Labute approximate surface area is 361 Å². The lowest BCUT2D eigenvalue weighted by Crippen LogP contribution is -2.47. The minimum Gasteiger partial charge on any atom is -0.332 e. The molecule has 8 rings (SSSR count). The molecule has 0 aliphatic carbocycles. The topological polar surface area (TPSA) is 156 Å². The van der Waals surface area contributed by atoms with Crippen molar-refractivity contribution in [3.63, 3.8) is 0 Å². The molecule has 0 unspecified atom stereocenters. The molecule has 326 valence electrons. The van der Waals surface area contributed by atoms with E-state index < -0.39 is 59.4 Å². The molecule has 6 amide bonds. The molecule has 19 heteroatoms. The number of anilines is 2. The summed E-state index contributed by atoms with van der Waals surface area (Å²) in [4.78, 5) is 62.7. The average Bonchev–Trinajstić information content (AvgIpc) is 3.78. The highest BCUT2D eigenvalue weighted by Crippen LogP contribution is 2.42. The van der Waals surface area contributed by atoms with Gasteiger partial charge in [0.15, 0.2) is 0 Å². The molecule has 0 saturated heterocycles. The van der Waals surface area contributed by atoms with E-state index in [1.54, 1.807) is 31.3 Å². The number of urea groups is 2. The number of nitrogens with zero attached hydrogens (tertiary/aromatic N) is 7. The van der Waals surface area contributed by atoms with Crippen molar-refractivity contribution >= 4 is 35.3 Å². The summed E-state index contributed by atoms with van der Waals surface area (Å²) in [5.41, 5.74) is 0.143. The number of halogens is 6. The molecule has 4 aliphatic heterocycles. The van der Waals surface area contributed by atoms with Crippen LogP contribution in [-0.4, -0.2) is 84.9 Å². The van der Waals surface area contributed by atoms with Crippen molar-refractivity contribution in [1.29, 1.82) is 10.5 Å². The van der Waals surface area contributed by atoms with Gasteiger partial charge in [0.2, 0.25) is 0 Å². The predicted octanol–water partition coefficient (Wildman–Crippen LogP) is 6.83. The molecule has 0 saturated carbocycles. The standard InChI is InChI=1S/C45H35F6N9O4/c1-56(16-18-57-24-34-36(40(57)61)38(28-12-8-26(22-52)9-13-28)54-42(63)59(34)32-6-2-4-30(20-32)44(46,47)48)17-19-58-25-35-37(41(58)62)39(29-14-10-27(23-53)11-15-29)55-43(64)60(35)33-7-3-5-31(21-33)45(49,50)51/h2-15,20-21,38-39H,16-19,24-25H2,1H3,(H,54,63)(H,55,64)/t38-,39-/m1/s1. The van der Waals surface area contributed by atoms with Gasteiger partial charge in [0.05, 0.1) is 93.5 Å². The molecule has 0 aromatic heterocycles. The van der Waals surface area contributed by atoms with Crippen LogP contribution in [0.4, 0.5) is 47.3 Å². The van der Waals surface area contributed by atoms with Crippen LogP contribution >= 0.6 is 0 Å². The highest BCUT2D eigenvalue weighted by Gasteiger charge is 2.47. The first-order chi connectivity index (χ1) is 30.5. The minimum atomic E-state index is -4.70. The molecule has 13 nitrogen and oxygen atoms in total. The van der Waals surface area contributed by atoms with Crippen LogP contribution in [0.3, 0.4) is 0 Å². The Hall–Kier alpha value is -7.64. The van der Waals surface area contributed by atoms with E-state index >= 15 is 0 Å². The predicted molar refractivity (Wildman–Crippen MR) is 217 cm³/mol. The number of likely N-dealkylation sites (N-methyl/N-ethyl adjacent to an activating group) is 1. The molecule has 2 atom stereocenters. The Morgan fingerprint density at radius 3 is 1.33 bits per heavy atom. The number of carbonyl (C=O) groups excluding carboxylic acids is 4. The summed E-state index contributed by atoms with van der Waals surface area (Å²) in [6, 6.07) is 21.4. The van der Waals surface area contributed by atoms with Crippen molar-refractivity contribution < 1.29 is 45.5 Å². The number of hydrogen-bond acceptors (Lipinski definition) is 7. The van der Waals surface area contributed by atoms with Gasteiger partial charge in [0.25, 0.3) is 11.8 Å². The smallest absolute Gasteiger partial charge is 0.332 e. The number of rotatable bonds is 10. The Morgan fingerprint density at radius 1 is 0.609 bits per heavy atom. The molecule has 4 aliphatic rings. The maximum Gasteiger partial charge on any atom is 0.416 e. The highest BCUT2D eigenvalue weighted by molar-refractivity contribution is 6.08. The number of amides is 6. The lowest BCUT2D eigenvalue weighted by molar-refractivity contribution is -0.138.